The van der Waals surface area contributed by atoms with Gasteiger partial charge in [-0.2, -0.15) is 0 Å². The van der Waals surface area contributed by atoms with Crippen molar-refractivity contribution in [2.75, 3.05) is 13.2 Å². The molecule has 0 radical (unpaired) electrons. The predicted octanol–water partition coefficient (Wildman–Crippen LogP) is 5.14. The van der Waals surface area contributed by atoms with E-state index in [-0.39, 0.29) is 11.9 Å². The number of fused-ring (bicyclic) bond motifs is 3. The Morgan fingerprint density at radius 1 is 1.13 bits per heavy atom. The van der Waals surface area contributed by atoms with Gasteiger partial charge in [0, 0.05) is 40.0 Å². The lowest BCUT2D eigenvalue weighted by molar-refractivity contribution is -0.00526. The quantitative estimate of drug-likeness (QED) is 0.559. The Labute approximate surface area is 187 Å². The zero-order valence-electron chi connectivity index (χ0n) is 18.0. The molecule has 2 aliphatic heterocycles. The molecular formula is C25H27N3O2S. The molecule has 160 valence electrons. The number of benzene rings is 1. The highest BCUT2D eigenvalue weighted by Gasteiger charge is 2.43. The Bertz CT molecular complexity index is 1060. The number of rotatable bonds is 5. The lowest BCUT2D eigenvalue weighted by Gasteiger charge is -2.49. The van der Waals surface area contributed by atoms with Crippen molar-refractivity contribution >= 4 is 17.2 Å². The number of thiophene rings is 1. The van der Waals surface area contributed by atoms with Crippen molar-refractivity contribution in [3.05, 3.63) is 64.8 Å². The van der Waals surface area contributed by atoms with Crippen LogP contribution in [-0.2, 0) is 0 Å². The molecule has 3 aromatic rings. The Morgan fingerprint density at radius 3 is 2.65 bits per heavy atom. The molecule has 1 aliphatic carbocycles. The Balaban J connectivity index is 1.29. The first-order valence-corrected chi connectivity index (χ1v) is 11.9. The summed E-state index contributed by atoms with van der Waals surface area (Å²) in [5.74, 6) is 1.07. The fourth-order valence-corrected chi connectivity index (χ4v) is 5.86. The van der Waals surface area contributed by atoms with Gasteiger partial charge in [-0.15, -0.1) is 11.3 Å². The molecule has 4 heterocycles. The van der Waals surface area contributed by atoms with Gasteiger partial charge in [0.05, 0.1) is 6.61 Å². The predicted molar refractivity (Wildman–Crippen MR) is 122 cm³/mol. The maximum absolute atomic E-state index is 13.5. The van der Waals surface area contributed by atoms with Crippen LogP contribution >= 0.6 is 11.3 Å². The number of amides is 1. The molecule has 3 aliphatic rings. The molecule has 3 fully saturated rings. The van der Waals surface area contributed by atoms with Crippen LogP contribution in [0.1, 0.15) is 41.0 Å². The molecule has 2 aromatic heterocycles. The summed E-state index contributed by atoms with van der Waals surface area (Å²) in [5.41, 5.74) is 3.70. The van der Waals surface area contributed by atoms with Gasteiger partial charge in [-0.05, 0) is 68.5 Å². The zero-order chi connectivity index (χ0) is 21.4. The minimum atomic E-state index is 0.163. The van der Waals surface area contributed by atoms with E-state index in [0.717, 1.165) is 53.2 Å². The van der Waals surface area contributed by atoms with E-state index in [2.05, 4.69) is 32.4 Å². The van der Waals surface area contributed by atoms with Crippen LogP contribution in [0.3, 0.4) is 0 Å². The summed E-state index contributed by atoms with van der Waals surface area (Å²) in [6, 6.07) is 14.8. The van der Waals surface area contributed by atoms with Gasteiger partial charge in [0.1, 0.15) is 0 Å². The molecule has 6 heteroatoms. The molecule has 31 heavy (non-hydrogen) atoms. The summed E-state index contributed by atoms with van der Waals surface area (Å²) in [7, 11) is 0. The van der Waals surface area contributed by atoms with Gasteiger partial charge in [-0.25, -0.2) is 9.97 Å². The molecule has 0 spiro atoms. The molecule has 3 unspecified atom stereocenters. The smallest absolute Gasteiger partial charge is 0.316 e. The summed E-state index contributed by atoms with van der Waals surface area (Å²) in [6.07, 6.45) is 3.22. The average Bonchev–Trinajstić information content (AvgIpc) is 3.32. The Hall–Kier alpha value is -2.73. The minimum Gasteiger partial charge on any atom is -0.463 e. The van der Waals surface area contributed by atoms with E-state index >= 15 is 0 Å². The van der Waals surface area contributed by atoms with E-state index < -0.39 is 0 Å². The highest BCUT2D eigenvalue weighted by Crippen LogP contribution is 2.41. The molecule has 2 bridgehead atoms. The lowest BCUT2D eigenvalue weighted by atomic mass is 9.72. The summed E-state index contributed by atoms with van der Waals surface area (Å²) in [6.45, 7) is 5.35. The van der Waals surface area contributed by atoms with Crippen molar-refractivity contribution in [3.63, 3.8) is 0 Å². The molecule has 6 rings (SSSR count). The number of carbonyl (C=O) groups excluding carboxylic acids is 1. The van der Waals surface area contributed by atoms with Crippen LogP contribution in [0, 0.1) is 25.7 Å². The Morgan fingerprint density at radius 2 is 1.94 bits per heavy atom. The third-order valence-electron chi connectivity index (χ3n) is 6.58. The monoisotopic (exact) mass is 433 g/mol. The summed E-state index contributed by atoms with van der Waals surface area (Å²) < 4.78 is 5.98. The van der Waals surface area contributed by atoms with Gasteiger partial charge in [0.15, 0.2) is 0 Å². The van der Waals surface area contributed by atoms with E-state index in [1.165, 1.54) is 0 Å². The minimum absolute atomic E-state index is 0.163. The highest BCUT2D eigenvalue weighted by molar-refractivity contribution is 7.13. The number of aryl methyl sites for hydroxylation is 2. The number of ether oxygens (including phenoxy) is 1. The van der Waals surface area contributed by atoms with Gasteiger partial charge in [-0.1, -0.05) is 24.3 Å². The van der Waals surface area contributed by atoms with E-state index in [0.29, 0.717) is 24.5 Å². The molecule has 1 saturated carbocycles. The van der Waals surface area contributed by atoms with Crippen molar-refractivity contribution in [1.29, 1.82) is 0 Å². The normalized spacial score (nSPS) is 22.5. The lowest BCUT2D eigenvalue weighted by Crippen LogP contribution is -2.55. The average molecular weight is 434 g/mol. The standard InChI is InChI=1S/C25H27N3O2S/c1-16-12-17(2)27-25(26-16)30-15-19-13-20-10-9-18(19)14-28(20)24(29)22-7-4-3-6-21(22)23-8-5-11-31-23/h3-8,11-12,18-20H,9-10,13-15H2,1-2H3. The molecular weight excluding hydrogens is 406 g/mol. The third-order valence-corrected chi connectivity index (χ3v) is 7.48. The number of aromatic nitrogens is 2. The summed E-state index contributed by atoms with van der Waals surface area (Å²) in [5, 5.41) is 2.06. The number of nitrogens with zero attached hydrogens (tertiary/aromatic N) is 3. The van der Waals surface area contributed by atoms with Gasteiger partial charge >= 0.3 is 6.01 Å². The van der Waals surface area contributed by atoms with Crippen LogP contribution in [0.4, 0.5) is 0 Å². The maximum Gasteiger partial charge on any atom is 0.316 e. The SMILES string of the molecule is Cc1cc(C)nc(OCC2CC3CCC2CN3C(=O)c2ccccc2-c2cccs2)n1. The maximum atomic E-state index is 13.5. The number of piperidine rings is 2. The van der Waals surface area contributed by atoms with E-state index in [1.54, 1.807) is 11.3 Å². The zero-order valence-corrected chi connectivity index (χ0v) is 18.8. The van der Waals surface area contributed by atoms with Crippen molar-refractivity contribution < 1.29 is 9.53 Å². The summed E-state index contributed by atoms with van der Waals surface area (Å²) in [4.78, 5) is 25.6. The fraction of sp³-hybridized carbons (Fsp3) is 0.400. The molecule has 5 nitrogen and oxygen atoms in total. The van der Waals surface area contributed by atoms with Crippen LogP contribution in [0.15, 0.2) is 47.8 Å². The van der Waals surface area contributed by atoms with E-state index in [9.17, 15) is 4.79 Å². The van der Waals surface area contributed by atoms with E-state index in [1.807, 2.05) is 44.2 Å². The van der Waals surface area contributed by atoms with E-state index in [4.69, 9.17) is 4.74 Å². The van der Waals surface area contributed by atoms with Gasteiger partial charge < -0.3 is 9.64 Å². The van der Waals surface area contributed by atoms with Crippen LogP contribution < -0.4 is 4.74 Å². The second-order valence-electron chi connectivity index (χ2n) is 8.71. The Kier molecular flexibility index (Phi) is 5.48. The van der Waals surface area contributed by atoms with Gasteiger partial charge in [-0.3, -0.25) is 4.79 Å². The van der Waals surface area contributed by atoms with Crippen molar-refractivity contribution in [3.8, 4) is 16.5 Å². The number of hydrogen-bond acceptors (Lipinski definition) is 5. The van der Waals surface area contributed by atoms with Crippen LogP contribution in [0.25, 0.3) is 10.4 Å². The van der Waals surface area contributed by atoms with Crippen LogP contribution in [0.5, 0.6) is 6.01 Å². The number of carbonyl (C=O) groups is 1. The first-order valence-electron chi connectivity index (χ1n) is 11.0. The molecule has 1 amide bonds. The topological polar surface area (TPSA) is 55.3 Å². The van der Waals surface area contributed by atoms with Gasteiger partial charge in [0.25, 0.3) is 5.91 Å². The molecule has 2 saturated heterocycles. The van der Waals surface area contributed by atoms with Crippen molar-refractivity contribution in [2.24, 2.45) is 11.8 Å². The molecule has 1 aromatic carbocycles. The van der Waals surface area contributed by atoms with Crippen molar-refractivity contribution in [1.82, 2.24) is 14.9 Å². The third kappa shape index (κ3) is 4.09. The largest absolute Gasteiger partial charge is 0.463 e. The second kappa shape index (κ2) is 8.42. The first kappa shape index (κ1) is 20.2. The van der Waals surface area contributed by atoms with Crippen LogP contribution in [-0.4, -0.2) is 40.0 Å². The number of hydrogen-bond donors (Lipinski definition) is 0. The van der Waals surface area contributed by atoms with Crippen LogP contribution in [0.2, 0.25) is 0 Å². The molecule has 3 atom stereocenters. The highest BCUT2D eigenvalue weighted by atomic mass is 32.1. The summed E-state index contributed by atoms with van der Waals surface area (Å²) >= 11 is 1.68. The van der Waals surface area contributed by atoms with Crippen molar-refractivity contribution in [2.45, 2.75) is 39.2 Å². The second-order valence-corrected chi connectivity index (χ2v) is 9.66. The fourth-order valence-electron chi connectivity index (χ4n) is 5.09. The van der Waals surface area contributed by atoms with Gasteiger partial charge in [0.2, 0.25) is 0 Å². The first-order chi connectivity index (χ1) is 15.1. The molecule has 0 N–H and O–H groups in total.